The predicted octanol–water partition coefficient (Wildman–Crippen LogP) is 2.47. The molecule has 1 spiro atoms. The molecule has 4 heterocycles. The van der Waals surface area contributed by atoms with Gasteiger partial charge in [0.2, 0.25) is 5.88 Å². The van der Waals surface area contributed by atoms with Crippen molar-refractivity contribution >= 4 is 5.82 Å². The van der Waals surface area contributed by atoms with Crippen LogP contribution in [-0.2, 0) is 16.1 Å². The fourth-order valence-electron chi connectivity index (χ4n) is 3.93. The number of aromatic nitrogens is 3. The minimum Gasteiger partial charge on any atom is -0.481 e. The van der Waals surface area contributed by atoms with E-state index >= 15 is 0 Å². The molecule has 1 unspecified atom stereocenters. The quantitative estimate of drug-likeness (QED) is 0.694. The molecule has 144 valence electrons. The maximum atomic E-state index is 6.15. The Kier molecular flexibility index (Phi) is 5.50. The summed E-state index contributed by atoms with van der Waals surface area (Å²) in [6, 6.07) is 7.78. The summed E-state index contributed by atoms with van der Waals surface area (Å²) in [4.78, 5) is 14.9. The van der Waals surface area contributed by atoms with Gasteiger partial charge in [-0.2, -0.15) is 0 Å². The largest absolute Gasteiger partial charge is 0.481 e. The Bertz CT molecular complexity index is 737. The van der Waals surface area contributed by atoms with Crippen molar-refractivity contribution in [2.24, 2.45) is 5.92 Å². The SMILES string of the molecule is COc1cc(N2CC3(CC(CCOCc4ccccn4)CCO3)C2)ncn1. The lowest BCUT2D eigenvalue weighted by Crippen LogP contribution is -2.65. The molecule has 1 atom stereocenters. The fraction of sp³-hybridized carbons (Fsp3) is 0.550. The summed E-state index contributed by atoms with van der Waals surface area (Å²) in [6.07, 6.45) is 6.60. The van der Waals surface area contributed by atoms with E-state index in [4.69, 9.17) is 14.2 Å². The van der Waals surface area contributed by atoms with E-state index in [9.17, 15) is 0 Å². The van der Waals surface area contributed by atoms with Gasteiger partial charge in [-0.15, -0.1) is 0 Å². The topological polar surface area (TPSA) is 69.6 Å². The maximum Gasteiger partial charge on any atom is 0.218 e. The van der Waals surface area contributed by atoms with Crippen LogP contribution in [0.2, 0.25) is 0 Å². The van der Waals surface area contributed by atoms with E-state index in [1.807, 2.05) is 24.3 Å². The van der Waals surface area contributed by atoms with Crippen LogP contribution in [-0.4, -0.2) is 54.0 Å². The molecule has 0 aromatic carbocycles. The average Bonchev–Trinajstić information content (AvgIpc) is 2.70. The van der Waals surface area contributed by atoms with E-state index < -0.39 is 0 Å². The van der Waals surface area contributed by atoms with Crippen LogP contribution in [0.5, 0.6) is 5.88 Å². The van der Waals surface area contributed by atoms with Gasteiger partial charge in [-0.05, 0) is 37.3 Å². The molecule has 4 rings (SSSR count). The van der Waals surface area contributed by atoms with E-state index in [0.717, 1.165) is 57.1 Å². The molecular formula is C20H26N4O3. The fourth-order valence-corrected chi connectivity index (χ4v) is 3.93. The summed E-state index contributed by atoms with van der Waals surface area (Å²) in [7, 11) is 1.62. The zero-order chi connectivity index (χ0) is 18.5. The molecule has 2 aromatic heterocycles. The van der Waals surface area contributed by atoms with Crippen molar-refractivity contribution in [3.05, 3.63) is 42.5 Å². The molecule has 2 saturated heterocycles. The minimum absolute atomic E-state index is 0.0396. The third kappa shape index (κ3) is 4.36. The summed E-state index contributed by atoms with van der Waals surface area (Å²) < 4.78 is 17.1. The van der Waals surface area contributed by atoms with Gasteiger partial charge in [0.05, 0.1) is 32.5 Å². The van der Waals surface area contributed by atoms with Crippen molar-refractivity contribution in [3.8, 4) is 5.88 Å². The van der Waals surface area contributed by atoms with E-state index in [1.165, 1.54) is 0 Å². The Morgan fingerprint density at radius 3 is 3.00 bits per heavy atom. The first-order valence-electron chi connectivity index (χ1n) is 9.49. The van der Waals surface area contributed by atoms with Crippen molar-refractivity contribution in [1.29, 1.82) is 0 Å². The maximum absolute atomic E-state index is 6.15. The molecule has 2 aromatic rings. The first-order valence-corrected chi connectivity index (χ1v) is 9.49. The van der Waals surface area contributed by atoms with Gasteiger partial charge in [0, 0.05) is 25.5 Å². The first kappa shape index (κ1) is 18.1. The van der Waals surface area contributed by atoms with E-state index in [1.54, 1.807) is 19.6 Å². The Balaban J connectivity index is 1.23. The number of nitrogens with zero attached hydrogens (tertiary/aromatic N) is 4. The van der Waals surface area contributed by atoms with Crippen LogP contribution in [0.25, 0.3) is 0 Å². The molecule has 0 amide bonds. The van der Waals surface area contributed by atoms with E-state index in [-0.39, 0.29) is 5.60 Å². The Morgan fingerprint density at radius 1 is 1.26 bits per heavy atom. The number of hydrogen-bond donors (Lipinski definition) is 0. The third-order valence-electron chi connectivity index (χ3n) is 5.36. The zero-order valence-electron chi connectivity index (χ0n) is 15.7. The Labute approximate surface area is 159 Å². The van der Waals surface area contributed by atoms with Crippen molar-refractivity contribution in [1.82, 2.24) is 15.0 Å². The molecule has 2 aliphatic rings. The van der Waals surface area contributed by atoms with Crippen LogP contribution < -0.4 is 9.64 Å². The standard InChI is InChI=1S/C20H26N4O3/c1-25-19-10-18(22-15-23-19)24-13-20(14-24)11-16(6-9-27-20)5-8-26-12-17-4-2-3-7-21-17/h2-4,7,10,15-16H,5-6,8-9,11-14H2,1H3. The number of ether oxygens (including phenoxy) is 3. The third-order valence-corrected chi connectivity index (χ3v) is 5.36. The highest BCUT2D eigenvalue weighted by atomic mass is 16.5. The predicted molar refractivity (Wildman–Crippen MR) is 101 cm³/mol. The smallest absolute Gasteiger partial charge is 0.218 e. The van der Waals surface area contributed by atoms with Crippen LogP contribution in [0.3, 0.4) is 0 Å². The molecule has 7 nitrogen and oxygen atoms in total. The van der Waals surface area contributed by atoms with Crippen molar-refractivity contribution in [2.45, 2.75) is 31.5 Å². The van der Waals surface area contributed by atoms with Gasteiger partial charge in [0.25, 0.3) is 0 Å². The molecular weight excluding hydrogens is 344 g/mol. The summed E-state index contributed by atoms with van der Waals surface area (Å²) in [5, 5.41) is 0. The Hall–Kier alpha value is -2.25. The Morgan fingerprint density at radius 2 is 2.19 bits per heavy atom. The lowest BCUT2D eigenvalue weighted by atomic mass is 9.79. The number of anilines is 1. The van der Waals surface area contributed by atoms with E-state index in [0.29, 0.717) is 18.4 Å². The van der Waals surface area contributed by atoms with Gasteiger partial charge < -0.3 is 19.1 Å². The highest BCUT2D eigenvalue weighted by molar-refractivity contribution is 5.45. The molecule has 0 radical (unpaired) electrons. The van der Waals surface area contributed by atoms with Crippen molar-refractivity contribution < 1.29 is 14.2 Å². The van der Waals surface area contributed by atoms with Crippen LogP contribution in [0, 0.1) is 5.92 Å². The van der Waals surface area contributed by atoms with Gasteiger partial charge in [-0.1, -0.05) is 6.07 Å². The van der Waals surface area contributed by atoms with Crippen LogP contribution in [0.15, 0.2) is 36.8 Å². The molecule has 0 aliphatic carbocycles. The first-order chi connectivity index (χ1) is 13.3. The molecule has 0 bridgehead atoms. The molecule has 27 heavy (non-hydrogen) atoms. The number of rotatable bonds is 7. The summed E-state index contributed by atoms with van der Waals surface area (Å²) >= 11 is 0. The highest BCUT2D eigenvalue weighted by Crippen LogP contribution is 2.39. The number of methoxy groups -OCH3 is 1. The second-order valence-corrected chi connectivity index (χ2v) is 7.33. The highest BCUT2D eigenvalue weighted by Gasteiger charge is 2.47. The van der Waals surface area contributed by atoms with E-state index in [2.05, 4.69) is 19.9 Å². The molecule has 2 aliphatic heterocycles. The number of pyridine rings is 1. The zero-order valence-corrected chi connectivity index (χ0v) is 15.7. The van der Waals surface area contributed by atoms with Crippen molar-refractivity contribution in [3.63, 3.8) is 0 Å². The summed E-state index contributed by atoms with van der Waals surface area (Å²) in [5.41, 5.74) is 0.943. The minimum atomic E-state index is -0.0396. The molecule has 2 fully saturated rings. The summed E-state index contributed by atoms with van der Waals surface area (Å²) in [5.74, 6) is 2.13. The molecule has 7 heteroatoms. The van der Waals surface area contributed by atoms with Crippen LogP contribution in [0.1, 0.15) is 25.0 Å². The van der Waals surface area contributed by atoms with Gasteiger partial charge >= 0.3 is 0 Å². The lowest BCUT2D eigenvalue weighted by Gasteiger charge is -2.53. The average molecular weight is 370 g/mol. The second-order valence-electron chi connectivity index (χ2n) is 7.33. The van der Waals surface area contributed by atoms with Crippen LogP contribution in [0.4, 0.5) is 5.82 Å². The van der Waals surface area contributed by atoms with Crippen molar-refractivity contribution in [2.75, 3.05) is 38.3 Å². The summed E-state index contributed by atoms with van der Waals surface area (Å²) in [6.45, 7) is 3.92. The normalized spacial score (nSPS) is 21.1. The van der Waals surface area contributed by atoms with Gasteiger partial charge in [0.15, 0.2) is 0 Å². The molecule has 0 saturated carbocycles. The van der Waals surface area contributed by atoms with Gasteiger partial charge in [-0.3, -0.25) is 4.98 Å². The molecule has 0 N–H and O–H groups in total. The number of hydrogen-bond acceptors (Lipinski definition) is 7. The lowest BCUT2D eigenvalue weighted by molar-refractivity contribution is -0.116. The monoisotopic (exact) mass is 370 g/mol. The second kappa shape index (κ2) is 8.19. The van der Waals surface area contributed by atoms with Gasteiger partial charge in [0.1, 0.15) is 17.7 Å². The van der Waals surface area contributed by atoms with Gasteiger partial charge in [-0.25, -0.2) is 9.97 Å². The van der Waals surface area contributed by atoms with Crippen LogP contribution >= 0.6 is 0 Å².